The van der Waals surface area contributed by atoms with Gasteiger partial charge in [-0.1, -0.05) is 29.8 Å². The van der Waals surface area contributed by atoms with Crippen molar-refractivity contribution >= 4 is 31.6 Å². The lowest BCUT2D eigenvalue weighted by molar-refractivity contribution is 0.267. The molecule has 3 N–H and O–H groups in total. The quantitative estimate of drug-likeness (QED) is 0.428. The molecule has 0 amide bonds. The van der Waals surface area contributed by atoms with E-state index in [0.29, 0.717) is 31.3 Å². The monoisotopic (exact) mass is 504 g/mol. The van der Waals surface area contributed by atoms with Crippen LogP contribution in [0.2, 0.25) is 0 Å². The Morgan fingerprint density at radius 2 is 1.74 bits per heavy atom. The van der Waals surface area contributed by atoms with Crippen LogP contribution in [0.15, 0.2) is 70.0 Å². The molecule has 0 spiro atoms. The van der Waals surface area contributed by atoms with E-state index in [1.165, 1.54) is 17.7 Å². The molecule has 3 aromatic rings. The zero-order valence-corrected chi connectivity index (χ0v) is 19.8. The van der Waals surface area contributed by atoms with E-state index in [4.69, 9.17) is 14.6 Å². The number of halogens is 1. The summed E-state index contributed by atoms with van der Waals surface area (Å²) < 4.78 is 35.4. The molecule has 0 aromatic heterocycles. The van der Waals surface area contributed by atoms with E-state index in [1.807, 2.05) is 31.2 Å². The second-order valence-corrected chi connectivity index (χ2v) is 9.45. The third-order valence-electron chi connectivity index (χ3n) is 4.51. The molecular weight excluding hydrogens is 480 g/mol. The smallest absolute Gasteiger partial charge is 0.238 e. The van der Waals surface area contributed by atoms with E-state index in [-0.39, 0.29) is 4.90 Å². The summed E-state index contributed by atoms with van der Waals surface area (Å²) in [5.74, 6) is 1.32. The first-order valence-electron chi connectivity index (χ1n) is 9.76. The summed E-state index contributed by atoms with van der Waals surface area (Å²) in [6, 6.07) is 18.4. The molecule has 0 saturated carbocycles. The van der Waals surface area contributed by atoms with Crippen LogP contribution in [-0.2, 0) is 23.2 Å². The van der Waals surface area contributed by atoms with Gasteiger partial charge in [-0.25, -0.2) is 13.6 Å². The third-order valence-corrected chi connectivity index (χ3v) is 6.03. The molecule has 3 rings (SSSR count). The van der Waals surface area contributed by atoms with Gasteiger partial charge in [0, 0.05) is 12.2 Å². The summed E-state index contributed by atoms with van der Waals surface area (Å²) in [5.41, 5.74) is 4.03. The molecule has 0 unspecified atom stereocenters. The SMILES string of the molecule is CCOc1cc(CNc2ccc(S(N)(=O)=O)cc2)cc(Br)c1OCc1cccc(C)c1. The molecule has 0 fully saturated rings. The molecule has 0 atom stereocenters. The normalized spacial score (nSPS) is 11.2. The average Bonchev–Trinajstić information content (AvgIpc) is 2.71. The minimum Gasteiger partial charge on any atom is -0.490 e. The molecule has 0 radical (unpaired) electrons. The van der Waals surface area contributed by atoms with Crippen LogP contribution in [0.3, 0.4) is 0 Å². The number of benzene rings is 3. The van der Waals surface area contributed by atoms with E-state index in [1.54, 1.807) is 12.1 Å². The lowest BCUT2D eigenvalue weighted by atomic mass is 10.1. The minimum atomic E-state index is -3.70. The second kappa shape index (κ2) is 10.2. The molecule has 8 heteroatoms. The highest BCUT2D eigenvalue weighted by Gasteiger charge is 2.13. The molecule has 0 aliphatic rings. The van der Waals surface area contributed by atoms with Crippen molar-refractivity contribution in [2.75, 3.05) is 11.9 Å². The van der Waals surface area contributed by atoms with Crippen LogP contribution in [0.4, 0.5) is 5.69 Å². The van der Waals surface area contributed by atoms with Crippen molar-refractivity contribution in [3.05, 3.63) is 81.8 Å². The molecule has 0 bridgehead atoms. The Kier molecular flexibility index (Phi) is 7.59. The summed E-state index contributed by atoms with van der Waals surface area (Å²) in [5, 5.41) is 8.40. The molecule has 6 nitrogen and oxygen atoms in total. The fourth-order valence-corrected chi connectivity index (χ4v) is 4.17. The van der Waals surface area contributed by atoms with Crippen LogP contribution in [0.25, 0.3) is 0 Å². The van der Waals surface area contributed by atoms with E-state index in [9.17, 15) is 8.42 Å². The Morgan fingerprint density at radius 1 is 1.00 bits per heavy atom. The highest BCUT2D eigenvalue weighted by molar-refractivity contribution is 9.10. The first-order valence-corrected chi connectivity index (χ1v) is 12.1. The summed E-state index contributed by atoms with van der Waals surface area (Å²) in [7, 11) is -3.70. The summed E-state index contributed by atoms with van der Waals surface area (Å²) in [6.07, 6.45) is 0. The minimum absolute atomic E-state index is 0.0783. The van der Waals surface area contributed by atoms with Crippen molar-refractivity contribution in [2.24, 2.45) is 5.14 Å². The zero-order valence-electron chi connectivity index (χ0n) is 17.4. The summed E-state index contributed by atoms with van der Waals surface area (Å²) in [6.45, 7) is 5.45. The molecule has 0 aliphatic carbocycles. The van der Waals surface area contributed by atoms with Crippen molar-refractivity contribution < 1.29 is 17.9 Å². The van der Waals surface area contributed by atoms with E-state index in [0.717, 1.165) is 21.3 Å². The van der Waals surface area contributed by atoms with E-state index in [2.05, 4.69) is 40.3 Å². The molecule has 0 heterocycles. The van der Waals surface area contributed by atoms with Crippen molar-refractivity contribution in [2.45, 2.75) is 31.9 Å². The molecule has 0 saturated heterocycles. The fraction of sp³-hybridized carbons (Fsp3) is 0.217. The van der Waals surface area contributed by atoms with Gasteiger partial charge in [-0.2, -0.15) is 0 Å². The number of hydrogen-bond acceptors (Lipinski definition) is 5. The fourth-order valence-electron chi connectivity index (χ4n) is 3.05. The van der Waals surface area contributed by atoms with Crippen molar-refractivity contribution in [3.8, 4) is 11.5 Å². The number of aryl methyl sites for hydroxylation is 1. The maximum Gasteiger partial charge on any atom is 0.238 e. The second-order valence-electron chi connectivity index (χ2n) is 7.04. The molecule has 0 aliphatic heterocycles. The Balaban J connectivity index is 1.73. The number of anilines is 1. The Bertz CT molecular complexity index is 1150. The van der Waals surface area contributed by atoms with Crippen LogP contribution in [0.1, 0.15) is 23.6 Å². The Morgan fingerprint density at radius 3 is 2.39 bits per heavy atom. The van der Waals surface area contributed by atoms with Crippen molar-refractivity contribution in [3.63, 3.8) is 0 Å². The van der Waals surface area contributed by atoms with Crippen LogP contribution in [0.5, 0.6) is 11.5 Å². The van der Waals surface area contributed by atoms with Gasteiger partial charge in [0.2, 0.25) is 10.0 Å². The zero-order chi connectivity index (χ0) is 22.4. The number of hydrogen-bond donors (Lipinski definition) is 2. The van der Waals surface area contributed by atoms with Crippen molar-refractivity contribution in [1.29, 1.82) is 0 Å². The van der Waals surface area contributed by atoms with Gasteiger partial charge < -0.3 is 14.8 Å². The number of ether oxygens (including phenoxy) is 2. The lowest BCUT2D eigenvalue weighted by Crippen LogP contribution is -2.12. The first-order chi connectivity index (χ1) is 14.8. The van der Waals surface area contributed by atoms with Gasteiger partial charge in [-0.15, -0.1) is 0 Å². The Labute approximate surface area is 191 Å². The summed E-state index contributed by atoms with van der Waals surface area (Å²) in [4.78, 5) is 0.0783. The lowest BCUT2D eigenvalue weighted by Gasteiger charge is -2.16. The predicted octanol–water partition coefficient (Wildman–Crippen LogP) is 4.99. The number of nitrogens with two attached hydrogens (primary N) is 1. The van der Waals surface area contributed by atoms with Gasteiger partial charge in [0.25, 0.3) is 0 Å². The largest absolute Gasteiger partial charge is 0.490 e. The number of sulfonamides is 1. The topological polar surface area (TPSA) is 90.6 Å². The average molecular weight is 505 g/mol. The molecule has 3 aromatic carbocycles. The third kappa shape index (κ3) is 6.46. The van der Waals surface area contributed by atoms with Gasteiger partial charge in [0.05, 0.1) is 16.0 Å². The van der Waals surface area contributed by atoms with E-state index >= 15 is 0 Å². The molecule has 31 heavy (non-hydrogen) atoms. The highest BCUT2D eigenvalue weighted by Crippen LogP contribution is 2.37. The van der Waals surface area contributed by atoms with Crippen LogP contribution >= 0.6 is 15.9 Å². The predicted molar refractivity (Wildman–Crippen MR) is 126 cm³/mol. The van der Waals surface area contributed by atoms with Crippen molar-refractivity contribution in [1.82, 2.24) is 0 Å². The van der Waals surface area contributed by atoms with Crippen LogP contribution in [-0.4, -0.2) is 15.0 Å². The van der Waals surface area contributed by atoms with Crippen LogP contribution in [0, 0.1) is 6.92 Å². The number of rotatable bonds is 9. The number of nitrogens with one attached hydrogen (secondary N) is 1. The summed E-state index contributed by atoms with van der Waals surface area (Å²) >= 11 is 3.60. The number of primary sulfonamides is 1. The first kappa shape index (κ1) is 23.1. The molecule has 164 valence electrons. The van der Waals surface area contributed by atoms with Gasteiger partial charge in [0.1, 0.15) is 6.61 Å². The van der Waals surface area contributed by atoms with Gasteiger partial charge in [-0.3, -0.25) is 0 Å². The van der Waals surface area contributed by atoms with Gasteiger partial charge in [0.15, 0.2) is 11.5 Å². The van der Waals surface area contributed by atoms with E-state index < -0.39 is 10.0 Å². The Hall–Kier alpha value is -2.55. The molecular formula is C23H25BrN2O4S. The maximum atomic E-state index is 11.4. The van der Waals surface area contributed by atoms with Crippen LogP contribution < -0.4 is 19.9 Å². The van der Waals surface area contributed by atoms with Gasteiger partial charge >= 0.3 is 0 Å². The highest BCUT2D eigenvalue weighted by atomic mass is 79.9. The standard InChI is InChI=1S/C23H25BrN2O4S/c1-3-29-22-13-18(14-26-19-7-9-20(10-8-19)31(25,27)28)12-21(24)23(22)30-15-17-6-4-5-16(2)11-17/h4-13,26H,3,14-15H2,1-2H3,(H2,25,27,28). The maximum absolute atomic E-state index is 11.4. The van der Waals surface area contributed by atoms with Gasteiger partial charge in [-0.05, 0) is 77.3 Å².